The van der Waals surface area contributed by atoms with Gasteiger partial charge in [0.1, 0.15) is 11.9 Å². The highest BCUT2D eigenvalue weighted by Crippen LogP contribution is 2.26. The van der Waals surface area contributed by atoms with E-state index in [1.54, 1.807) is 0 Å². The van der Waals surface area contributed by atoms with Gasteiger partial charge in [0.2, 0.25) is 0 Å². The number of carbonyl (C=O) groups is 1. The summed E-state index contributed by atoms with van der Waals surface area (Å²) in [5, 5.41) is 0. The van der Waals surface area contributed by atoms with Crippen LogP contribution < -0.4 is 4.74 Å². The number of benzene rings is 2. The predicted octanol–water partition coefficient (Wildman–Crippen LogP) is 8.04. The van der Waals surface area contributed by atoms with Crippen LogP contribution in [0, 0.1) is 0 Å². The minimum atomic E-state index is -0.615. The molecule has 0 spiro atoms. The number of ether oxygens (including phenoxy) is 2. The van der Waals surface area contributed by atoms with Crippen molar-refractivity contribution in [1.29, 1.82) is 0 Å². The quantitative estimate of drug-likeness (QED) is 0.195. The lowest BCUT2D eigenvalue weighted by atomic mass is 10.0. The molecule has 0 fully saturated rings. The fourth-order valence-corrected chi connectivity index (χ4v) is 3.50. The Kier molecular flexibility index (Phi) is 11.0. The van der Waals surface area contributed by atoms with Gasteiger partial charge in [0, 0.05) is 0 Å². The van der Waals surface area contributed by atoms with Crippen molar-refractivity contribution in [2.24, 2.45) is 0 Å². The van der Waals surface area contributed by atoms with Crippen LogP contribution in [0.5, 0.6) is 5.75 Å². The number of unbranched alkanes of at least 4 members (excludes halogenated alkanes) is 6. The molecule has 1 unspecified atom stereocenters. The molecule has 0 bridgehead atoms. The molecule has 0 radical (unpaired) electrons. The molecule has 0 aliphatic carbocycles. The third-order valence-electron chi connectivity index (χ3n) is 5.20. The Balaban J connectivity index is 1.97. The summed E-state index contributed by atoms with van der Waals surface area (Å²) in [6.07, 6.45) is 10.2. The maximum absolute atomic E-state index is 12.6. The molecule has 3 heteroatoms. The number of hydrogen-bond acceptors (Lipinski definition) is 3. The van der Waals surface area contributed by atoms with E-state index in [-0.39, 0.29) is 6.10 Å². The van der Waals surface area contributed by atoms with Crippen molar-refractivity contribution in [3.8, 4) is 5.75 Å². The van der Waals surface area contributed by atoms with Gasteiger partial charge in [-0.3, -0.25) is 0 Å². The van der Waals surface area contributed by atoms with Gasteiger partial charge in [-0.25, -0.2) is 4.79 Å². The fourth-order valence-electron chi connectivity index (χ4n) is 3.50. The minimum absolute atomic E-state index is 0.266. The van der Waals surface area contributed by atoms with Crippen molar-refractivity contribution in [3.63, 3.8) is 0 Å². The third-order valence-corrected chi connectivity index (χ3v) is 5.20. The SMILES string of the molecule is CCCCCCc1ccccc1OC(=O)OC(CCCCCC)c1ccccc1. The van der Waals surface area contributed by atoms with E-state index in [0.717, 1.165) is 43.2 Å². The molecule has 158 valence electrons. The van der Waals surface area contributed by atoms with Crippen LogP contribution >= 0.6 is 0 Å². The summed E-state index contributed by atoms with van der Waals surface area (Å²) in [6, 6.07) is 17.8. The fraction of sp³-hybridized carbons (Fsp3) is 0.500. The highest BCUT2D eigenvalue weighted by atomic mass is 16.7. The number of rotatable bonds is 13. The molecule has 2 aromatic carbocycles. The van der Waals surface area contributed by atoms with Crippen LogP contribution in [0.25, 0.3) is 0 Å². The zero-order valence-corrected chi connectivity index (χ0v) is 18.1. The van der Waals surface area contributed by atoms with E-state index in [1.165, 1.54) is 32.1 Å². The van der Waals surface area contributed by atoms with Crippen molar-refractivity contribution in [2.75, 3.05) is 0 Å². The smallest absolute Gasteiger partial charge is 0.426 e. The Morgan fingerprint density at radius 3 is 2.17 bits per heavy atom. The van der Waals surface area contributed by atoms with Crippen LogP contribution in [0.2, 0.25) is 0 Å². The molecule has 2 rings (SSSR count). The van der Waals surface area contributed by atoms with E-state index in [4.69, 9.17) is 9.47 Å². The van der Waals surface area contributed by atoms with E-state index >= 15 is 0 Å². The lowest BCUT2D eigenvalue weighted by Gasteiger charge is -2.18. The second kappa shape index (κ2) is 13.8. The molecule has 29 heavy (non-hydrogen) atoms. The summed E-state index contributed by atoms with van der Waals surface area (Å²) in [6.45, 7) is 4.40. The molecule has 0 amide bonds. The molecule has 0 aliphatic heterocycles. The number of carbonyl (C=O) groups excluding carboxylic acids is 1. The van der Waals surface area contributed by atoms with Crippen molar-refractivity contribution in [2.45, 2.75) is 84.2 Å². The van der Waals surface area contributed by atoms with Gasteiger partial charge in [-0.15, -0.1) is 0 Å². The maximum atomic E-state index is 12.6. The standard InChI is InChI=1S/C26H36O3/c1-3-5-7-10-16-23-19-14-15-21-25(23)29-26(27)28-24(20-13-8-6-4-2)22-17-11-9-12-18-22/h9,11-12,14-15,17-19,21,24H,3-8,10,13,16,20H2,1-2H3. The molecule has 1 atom stereocenters. The van der Waals surface area contributed by atoms with Crippen LogP contribution in [0.3, 0.4) is 0 Å². The first-order valence-corrected chi connectivity index (χ1v) is 11.3. The van der Waals surface area contributed by atoms with E-state index in [0.29, 0.717) is 5.75 Å². The predicted molar refractivity (Wildman–Crippen MR) is 119 cm³/mol. The summed E-state index contributed by atoms with van der Waals surface area (Å²) in [5.41, 5.74) is 2.09. The van der Waals surface area contributed by atoms with Crippen LogP contribution in [-0.4, -0.2) is 6.16 Å². The van der Waals surface area contributed by atoms with E-state index in [1.807, 2.05) is 54.6 Å². The Morgan fingerprint density at radius 1 is 0.793 bits per heavy atom. The summed E-state index contributed by atoms with van der Waals surface area (Å²) in [7, 11) is 0. The Bertz CT molecular complexity index is 696. The molecule has 0 aliphatic rings. The topological polar surface area (TPSA) is 35.5 Å². The Hall–Kier alpha value is -2.29. The second-order valence-corrected chi connectivity index (χ2v) is 7.64. The monoisotopic (exact) mass is 396 g/mol. The number of para-hydroxylation sites is 1. The maximum Gasteiger partial charge on any atom is 0.514 e. The summed E-state index contributed by atoms with van der Waals surface area (Å²) >= 11 is 0. The molecule has 0 N–H and O–H groups in total. The molecular formula is C26H36O3. The summed E-state index contributed by atoms with van der Waals surface area (Å²) in [4.78, 5) is 12.6. The van der Waals surface area contributed by atoms with Gasteiger partial charge >= 0.3 is 6.16 Å². The Morgan fingerprint density at radius 2 is 1.45 bits per heavy atom. The van der Waals surface area contributed by atoms with Gasteiger partial charge in [0.25, 0.3) is 0 Å². The van der Waals surface area contributed by atoms with Gasteiger partial charge in [-0.1, -0.05) is 101 Å². The highest BCUT2D eigenvalue weighted by Gasteiger charge is 2.19. The first kappa shape index (κ1) is 23.0. The second-order valence-electron chi connectivity index (χ2n) is 7.64. The van der Waals surface area contributed by atoms with Crippen molar-refractivity contribution in [1.82, 2.24) is 0 Å². The molecule has 0 heterocycles. The largest absolute Gasteiger partial charge is 0.514 e. The molecule has 2 aromatic rings. The van der Waals surface area contributed by atoms with Crippen molar-refractivity contribution >= 4 is 6.16 Å². The third kappa shape index (κ3) is 8.72. The van der Waals surface area contributed by atoms with Crippen LogP contribution in [0.4, 0.5) is 4.79 Å². The average molecular weight is 397 g/mol. The van der Waals surface area contributed by atoms with Gasteiger partial charge in [-0.05, 0) is 42.9 Å². The first-order chi connectivity index (χ1) is 14.2. The van der Waals surface area contributed by atoms with Crippen LogP contribution in [-0.2, 0) is 11.2 Å². The van der Waals surface area contributed by atoms with Gasteiger partial charge in [-0.2, -0.15) is 0 Å². The van der Waals surface area contributed by atoms with E-state index in [2.05, 4.69) is 13.8 Å². The van der Waals surface area contributed by atoms with Crippen LogP contribution in [0.1, 0.15) is 88.9 Å². The van der Waals surface area contributed by atoms with Gasteiger partial charge < -0.3 is 9.47 Å². The van der Waals surface area contributed by atoms with Crippen molar-refractivity contribution < 1.29 is 14.3 Å². The van der Waals surface area contributed by atoms with E-state index < -0.39 is 6.16 Å². The minimum Gasteiger partial charge on any atom is -0.426 e. The van der Waals surface area contributed by atoms with Crippen LogP contribution in [0.15, 0.2) is 54.6 Å². The number of hydrogen-bond donors (Lipinski definition) is 0. The van der Waals surface area contributed by atoms with Crippen molar-refractivity contribution in [3.05, 3.63) is 65.7 Å². The first-order valence-electron chi connectivity index (χ1n) is 11.3. The van der Waals surface area contributed by atoms with Gasteiger partial charge in [0.05, 0.1) is 0 Å². The summed E-state index contributed by atoms with van der Waals surface area (Å²) in [5.74, 6) is 0.617. The lowest BCUT2D eigenvalue weighted by Crippen LogP contribution is -2.16. The zero-order valence-electron chi connectivity index (χ0n) is 18.1. The Labute approximate surface area is 176 Å². The summed E-state index contributed by atoms with van der Waals surface area (Å²) < 4.78 is 11.4. The molecule has 0 aromatic heterocycles. The molecule has 0 saturated heterocycles. The molecule has 0 saturated carbocycles. The molecule has 3 nitrogen and oxygen atoms in total. The molecular weight excluding hydrogens is 360 g/mol. The average Bonchev–Trinajstić information content (AvgIpc) is 2.75. The van der Waals surface area contributed by atoms with Gasteiger partial charge in [0.15, 0.2) is 0 Å². The zero-order chi connectivity index (χ0) is 20.7. The number of aryl methyl sites for hydroxylation is 1. The highest BCUT2D eigenvalue weighted by molar-refractivity contribution is 5.65. The lowest BCUT2D eigenvalue weighted by molar-refractivity contribution is 0.0525. The van der Waals surface area contributed by atoms with E-state index in [9.17, 15) is 4.79 Å². The normalized spacial score (nSPS) is 11.8.